The first kappa shape index (κ1) is 15.9. The van der Waals surface area contributed by atoms with Gasteiger partial charge in [-0.2, -0.15) is 0 Å². The van der Waals surface area contributed by atoms with E-state index in [-0.39, 0.29) is 12.4 Å². The Balaban J connectivity index is 3.00. The Morgan fingerprint density at radius 1 is 1.37 bits per heavy atom. The minimum absolute atomic E-state index is 0.231. The minimum atomic E-state index is -0.771. The molecule has 0 heterocycles. The highest BCUT2D eigenvalue weighted by atomic mass is 19.1. The predicted octanol–water partition coefficient (Wildman–Crippen LogP) is 1.63. The summed E-state index contributed by atoms with van der Waals surface area (Å²) in [6.45, 7) is 3.84. The van der Waals surface area contributed by atoms with Crippen molar-refractivity contribution in [3.63, 3.8) is 0 Å². The van der Waals surface area contributed by atoms with Crippen LogP contribution in [-0.2, 0) is 4.74 Å². The molecule has 19 heavy (non-hydrogen) atoms. The zero-order valence-electron chi connectivity index (χ0n) is 11.9. The van der Waals surface area contributed by atoms with Gasteiger partial charge in [-0.05, 0) is 31.5 Å². The fourth-order valence-corrected chi connectivity index (χ4v) is 2.01. The lowest BCUT2D eigenvalue weighted by atomic mass is 10.0. The fraction of sp³-hybridized carbons (Fsp3) is 0.571. The van der Waals surface area contributed by atoms with Gasteiger partial charge in [0.25, 0.3) is 0 Å². The highest BCUT2D eigenvalue weighted by Gasteiger charge is 2.17. The molecular formula is C14H22FNO3. The Kier molecular flexibility index (Phi) is 5.72. The van der Waals surface area contributed by atoms with E-state index in [0.29, 0.717) is 23.4 Å². The van der Waals surface area contributed by atoms with Crippen molar-refractivity contribution in [2.45, 2.75) is 26.1 Å². The van der Waals surface area contributed by atoms with Crippen LogP contribution in [0, 0.1) is 12.7 Å². The first-order chi connectivity index (χ1) is 8.86. The van der Waals surface area contributed by atoms with Crippen LogP contribution in [0.5, 0.6) is 0 Å². The second-order valence-corrected chi connectivity index (χ2v) is 4.83. The zero-order valence-corrected chi connectivity index (χ0v) is 11.9. The monoisotopic (exact) mass is 271 g/mol. The van der Waals surface area contributed by atoms with Gasteiger partial charge in [0, 0.05) is 32.0 Å². The molecule has 0 aromatic heterocycles. The van der Waals surface area contributed by atoms with E-state index in [0.717, 1.165) is 0 Å². The summed E-state index contributed by atoms with van der Waals surface area (Å²) in [5.74, 6) is -0.342. The lowest BCUT2D eigenvalue weighted by Crippen LogP contribution is -2.32. The summed E-state index contributed by atoms with van der Waals surface area (Å²) in [4.78, 5) is 1.79. The molecule has 1 rings (SSSR count). The number of aryl methyl sites for hydroxylation is 1. The van der Waals surface area contributed by atoms with Crippen LogP contribution in [0.4, 0.5) is 10.1 Å². The Labute approximate surface area is 113 Å². The molecule has 0 aliphatic rings. The van der Waals surface area contributed by atoms with Crippen LogP contribution < -0.4 is 4.90 Å². The number of anilines is 1. The van der Waals surface area contributed by atoms with Gasteiger partial charge < -0.3 is 19.8 Å². The molecule has 0 bridgehead atoms. The third-order valence-electron chi connectivity index (χ3n) is 3.01. The van der Waals surface area contributed by atoms with Crippen LogP contribution in [0.2, 0.25) is 0 Å². The van der Waals surface area contributed by atoms with Crippen LogP contribution in [0.1, 0.15) is 24.2 Å². The SMILES string of the molecule is COCC(O)CN(C)c1cc(C)c(F)cc1C(C)O. The Morgan fingerprint density at radius 3 is 2.53 bits per heavy atom. The number of likely N-dealkylation sites (N-methyl/N-ethyl adjacent to an activating group) is 1. The summed E-state index contributed by atoms with van der Waals surface area (Å²) in [6.07, 6.45) is -1.41. The van der Waals surface area contributed by atoms with E-state index in [1.807, 2.05) is 0 Å². The molecule has 0 radical (unpaired) electrons. The topological polar surface area (TPSA) is 52.9 Å². The van der Waals surface area contributed by atoms with Gasteiger partial charge >= 0.3 is 0 Å². The van der Waals surface area contributed by atoms with Crippen molar-refractivity contribution < 1.29 is 19.3 Å². The first-order valence-corrected chi connectivity index (χ1v) is 6.23. The van der Waals surface area contributed by atoms with Crippen molar-refractivity contribution in [1.29, 1.82) is 0 Å². The summed E-state index contributed by atoms with van der Waals surface area (Å²) in [5, 5.41) is 19.5. The second kappa shape index (κ2) is 6.84. The molecule has 0 saturated carbocycles. The Bertz CT molecular complexity index is 423. The van der Waals surface area contributed by atoms with E-state index >= 15 is 0 Å². The first-order valence-electron chi connectivity index (χ1n) is 6.23. The number of nitrogens with zero attached hydrogens (tertiary/aromatic N) is 1. The molecule has 1 aromatic carbocycles. The van der Waals surface area contributed by atoms with Gasteiger partial charge in [0.1, 0.15) is 5.82 Å². The van der Waals surface area contributed by atoms with Crippen molar-refractivity contribution in [2.75, 3.05) is 32.2 Å². The summed E-state index contributed by atoms with van der Waals surface area (Å²) in [5.41, 5.74) is 1.73. The van der Waals surface area contributed by atoms with E-state index < -0.39 is 12.2 Å². The second-order valence-electron chi connectivity index (χ2n) is 4.83. The standard InChI is InChI=1S/C14H22FNO3/c1-9-5-14(12(10(2)17)6-13(9)15)16(3)7-11(18)8-19-4/h5-6,10-11,17-18H,7-8H2,1-4H3. The summed E-state index contributed by atoms with van der Waals surface area (Å²) in [7, 11) is 3.31. The predicted molar refractivity (Wildman–Crippen MR) is 72.9 cm³/mol. The fourth-order valence-electron chi connectivity index (χ4n) is 2.01. The third kappa shape index (κ3) is 4.16. The number of rotatable bonds is 6. The molecule has 108 valence electrons. The quantitative estimate of drug-likeness (QED) is 0.825. The largest absolute Gasteiger partial charge is 0.389 e. The number of aliphatic hydroxyl groups excluding tert-OH is 2. The van der Waals surface area contributed by atoms with Gasteiger partial charge in [0.2, 0.25) is 0 Å². The number of hydrogen-bond acceptors (Lipinski definition) is 4. The molecule has 2 atom stereocenters. The summed E-state index contributed by atoms with van der Waals surface area (Å²) < 4.78 is 18.4. The van der Waals surface area contributed by atoms with Crippen molar-refractivity contribution in [1.82, 2.24) is 0 Å². The van der Waals surface area contributed by atoms with Gasteiger partial charge in [-0.1, -0.05) is 0 Å². The van der Waals surface area contributed by atoms with Crippen molar-refractivity contribution >= 4 is 5.69 Å². The normalized spacial score (nSPS) is 14.3. The highest BCUT2D eigenvalue weighted by Crippen LogP contribution is 2.28. The number of halogens is 1. The van der Waals surface area contributed by atoms with E-state index in [4.69, 9.17) is 4.74 Å². The minimum Gasteiger partial charge on any atom is -0.389 e. The van der Waals surface area contributed by atoms with E-state index in [1.54, 1.807) is 31.9 Å². The molecule has 0 aliphatic carbocycles. The average Bonchev–Trinajstić information content (AvgIpc) is 2.31. The molecule has 1 aromatic rings. The lowest BCUT2D eigenvalue weighted by Gasteiger charge is -2.26. The smallest absolute Gasteiger partial charge is 0.126 e. The van der Waals surface area contributed by atoms with Crippen molar-refractivity contribution in [3.05, 3.63) is 29.1 Å². The van der Waals surface area contributed by atoms with E-state index in [1.165, 1.54) is 13.2 Å². The Morgan fingerprint density at radius 2 is 2.00 bits per heavy atom. The molecule has 2 unspecified atom stereocenters. The van der Waals surface area contributed by atoms with Crippen LogP contribution in [0.15, 0.2) is 12.1 Å². The molecule has 0 saturated heterocycles. The maximum absolute atomic E-state index is 13.6. The van der Waals surface area contributed by atoms with Crippen LogP contribution in [-0.4, -0.2) is 43.6 Å². The summed E-state index contributed by atoms with van der Waals surface area (Å²) >= 11 is 0. The molecule has 0 spiro atoms. The maximum Gasteiger partial charge on any atom is 0.126 e. The van der Waals surface area contributed by atoms with Gasteiger partial charge in [-0.25, -0.2) is 4.39 Å². The number of benzene rings is 1. The van der Waals surface area contributed by atoms with Crippen molar-refractivity contribution in [3.8, 4) is 0 Å². The number of hydrogen-bond donors (Lipinski definition) is 2. The van der Waals surface area contributed by atoms with Crippen LogP contribution in [0.25, 0.3) is 0 Å². The van der Waals surface area contributed by atoms with Gasteiger partial charge in [0.05, 0.1) is 18.8 Å². The van der Waals surface area contributed by atoms with E-state index in [2.05, 4.69) is 0 Å². The van der Waals surface area contributed by atoms with Gasteiger partial charge in [0.15, 0.2) is 0 Å². The van der Waals surface area contributed by atoms with Crippen LogP contribution in [0.3, 0.4) is 0 Å². The molecule has 0 aliphatic heterocycles. The highest BCUT2D eigenvalue weighted by molar-refractivity contribution is 5.56. The molecule has 0 fully saturated rings. The van der Waals surface area contributed by atoms with Crippen LogP contribution >= 0.6 is 0 Å². The molecule has 0 amide bonds. The molecule has 5 heteroatoms. The molecular weight excluding hydrogens is 249 g/mol. The zero-order chi connectivity index (χ0) is 14.6. The summed E-state index contributed by atoms with van der Waals surface area (Å²) in [6, 6.07) is 3.02. The maximum atomic E-state index is 13.6. The van der Waals surface area contributed by atoms with Crippen molar-refractivity contribution in [2.24, 2.45) is 0 Å². The number of methoxy groups -OCH3 is 1. The number of aliphatic hydroxyl groups is 2. The van der Waals surface area contributed by atoms with Gasteiger partial charge in [-0.15, -0.1) is 0 Å². The Hall–Kier alpha value is -1.17. The number of ether oxygens (including phenoxy) is 1. The molecule has 4 nitrogen and oxygen atoms in total. The van der Waals surface area contributed by atoms with Gasteiger partial charge in [-0.3, -0.25) is 0 Å². The third-order valence-corrected chi connectivity index (χ3v) is 3.01. The average molecular weight is 271 g/mol. The van der Waals surface area contributed by atoms with E-state index in [9.17, 15) is 14.6 Å². The molecule has 2 N–H and O–H groups in total. The lowest BCUT2D eigenvalue weighted by molar-refractivity contribution is 0.0694.